The molecular formula is C27H33N3O3. The third-order valence-corrected chi connectivity index (χ3v) is 5.76. The number of hydrogen-bond donors (Lipinski definition) is 0. The molecule has 0 radical (unpaired) electrons. The fourth-order valence-electron chi connectivity index (χ4n) is 4.20. The van der Waals surface area contributed by atoms with Crippen LogP contribution in [0, 0.1) is 0 Å². The summed E-state index contributed by atoms with van der Waals surface area (Å²) >= 11 is 0. The molecule has 6 heteroatoms. The largest absolute Gasteiger partial charge is 0.490 e. The molecular weight excluding hydrogens is 414 g/mol. The van der Waals surface area contributed by atoms with E-state index in [9.17, 15) is 4.79 Å². The summed E-state index contributed by atoms with van der Waals surface area (Å²) in [5, 5.41) is 1.13. The number of ether oxygens (including phenoxy) is 2. The topological polar surface area (TPSA) is 54.9 Å². The molecule has 0 spiro atoms. The molecule has 174 valence electrons. The molecule has 3 aromatic rings. The van der Waals surface area contributed by atoms with Gasteiger partial charge in [-0.1, -0.05) is 30.3 Å². The second-order valence-corrected chi connectivity index (χ2v) is 9.74. The van der Waals surface area contributed by atoms with E-state index in [1.54, 1.807) is 4.90 Å². The number of rotatable bonds is 4. The summed E-state index contributed by atoms with van der Waals surface area (Å²) < 4.78 is 11.7. The highest BCUT2D eigenvalue weighted by Gasteiger charge is 2.27. The van der Waals surface area contributed by atoms with Crippen LogP contribution >= 0.6 is 0 Å². The minimum Gasteiger partial charge on any atom is -0.490 e. The summed E-state index contributed by atoms with van der Waals surface area (Å²) in [4.78, 5) is 20.8. The summed E-state index contributed by atoms with van der Waals surface area (Å²) in [7, 11) is 4.10. The van der Waals surface area contributed by atoms with E-state index in [4.69, 9.17) is 9.47 Å². The first-order valence-electron chi connectivity index (χ1n) is 11.5. The van der Waals surface area contributed by atoms with Crippen molar-refractivity contribution in [1.29, 1.82) is 0 Å². The molecule has 1 fully saturated rings. The van der Waals surface area contributed by atoms with Crippen LogP contribution in [-0.2, 0) is 4.74 Å². The highest BCUT2D eigenvalue weighted by atomic mass is 16.6. The van der Waals surface area contributed by atoms with Gasteiger partial charge in [0, 0.05) is 57.2 Å². The fourth-order valence-corrected chi connectivity index (χ4v) is 4.20. The SMILES string of the molecule is CN(C)c1c(-c2ccc(OC3CCN(C(=O)OC(C)(C)C)CC3)cc2)ccc2cccnc12. The van der Waals surface area contributed by atoms with Crippen molar-refractivity contribution in [2.75, 3.05) is 32.1 Å². The summed E-state index contributed by atoms with van der Waals surface area (Å²) in [5.74, 6) is 0.847. The van der Waals surface area contributed by atoms with Gasteiger partial charge in [-0.05, 0) is 44.5 Å². The maximum absolute atomic E-state index is 12.3. The molecule has 0 aliphatic carbocycles. The maximum atomic E-state index is 12.3. The molecule has 1 aliphatic rings. The number of carbonyl (C=O) groups excluding carboxylic acids is 1. The zero-order valence-electron chi connectivity index (χ0n) is 20.2. The molecule has 0 atom stereocenters. The Morgan fingerprint density at radius 2 is 1.73 bits per heavy atom. The summed E-state index contributed by atoms with van der Waals surface area (Å²) in [6.07, 6.45) is 3.28. The number of pyridine rings is 1. The van der Waals surface area contributed by atoms with Crippen molar-refractivity contribution in [2.24, 2.45) is 0 Å². The van der Waals surface area contributed by atoms with Crippen LogP contribution in [0.4, 0.5) is 10.5 Å². The van der Waals surface area contributed by atoms with Crippen LogP contribution < -0.4 is 9.64 Å². The van der Waals surface area contributed by atoms with Crippen molar-refractivity contribution < 1.29 is 14.3 Å². The number of nitrogens with zero attached hydrogens (tertiary/aromatic N) is 3. The van der Waals surface area contributed by atoms with Gasteiger partial charge in [0.15, 0.2) is 0 Å². The molecule has 6 nitrogen and oxygen atoms in total. The molecule has 1 aromatic heterocycles. The molecule has 0 saturated carbocycles. The maximum Gasteiger partial charge on any atom is 0.410 e. The zero-order valence-corrected chi connectivity index (χ0v) is 20.2. The lowest BCUT2D eigenvalue weighted by Crippen LogP contribution is -2.44. The number of hydrogen-bond acceptors (Lipinski definition) is 5. The van der Waals surface area contributed by atoms with Crippen LogP contribution in [-0.4, -0.2) is 54.9 Å². The predicted molar refractivity (Wildman–Crippen MR) is 133 cm³/mol. The van der Waals surface area contributed by atoms with Crippen molar-refractivity contribution in [3.8, 4) is 16.9 Å². The van der Waals surface area contributed by atoms with E-state index in [1.165, 1.54) is 0 Å². The van der Waals surface area contributed by atoms with Gasteiger partial charge in [-0.3, -0.25) is 4.98 Å². The van der Waals surface area contributed by atoms with Crippen molar-refractivity contribution in [3.63, 3.8) is 0 Å². The fraction of sp³-hybridized carbons (Fsp3) is 0.407. The van der Waals surface area contributed by atoms with E-state index >= 15 is 0 Å². The van der Waals surface area contributed by atoms with Gasteiger partial charge in [-0.25, -0.2) is 4.79 Å². The zero-order chi connectivity index (χ0) is 23.6. The third kappa shape index (κ3) is 5.38. The van der Waals surface area contributed by atoms with Gasteiger partial charge in [-0.15, -0.1) is 0 Å². The standard InChI is InChI=1S/C27H33N3O3/c1-27(2,3)33-26(31)30-17-14-22(15-18-30)32-21-11-8-19(9-12-21)23-13-10-20-7-6-16-28-24(20)25(23)29(4)5/h6-13,16,22H,14-15,17-18H2,1-5H3. The monoisotopic (exact) mass is 447 g/mol. The van der Waals surface area contributed by atoms with Crippen LogP contribution in [0.5, 0.6) is 5.75 Å². The van der Waals surface area contributed by atoms with Crippen molar-refractivity contribution >= 4 is 22.7 Å². The Labute approximate surface area is 196 Å². The van der Waals surface area contributed by atoms with Crippen molar-refractivity contribution in [1.82, 2.24) is 9.88 Å². The highest BCUT2D eigenvalue weighted by Crippen LogP contribution is 2.36. The van der Waals surface area contributed by atoms with E-state index in [0.717, 1.165) is 46.3 Å². The lowest BCUT2D eigenvalue weighted by Gasteiger charge is -2.33. The van der Waals surface area contributed by atoms with Gasteiger partial charge >= 0.3 is 6.09 Å². The predicted octanol–water partition coefficient (Wildman–Crippen LogP) is 5.75. The summed E-state index contributed by atoms with van der Waals surface area (Å²) in [5.41, 5.74) is 3.90. The number of fused-ring (bicyclic) bond motifs is 1. The first kappa shape index (κ1) is 22.9. The Bertz CT molecular complexity index is 1110. The van der Waals surface area contributed by atoms with Crippen molar-refractivity contribution in [3.05, 3.63) is 54.7 Å². The summed E-state index contributed by atoms with van der Waals surface area (Å²) in [6, 6.07) is 16.6. The van der Waals surface area contributed by atoms with Crippen LogP contribution in [0.25, 0.3) is 22.0 Å². The Morgan fingerprint density at radius 3 is 2.36 bits per heavy atom. The quantitative estimate of drug-likeness (QED) is 0.510. The van der Waals surface area contributed by atoms with Gasteiger partial charge in [0.05, 0.1) is 11.2 Å². The van der Waals surface area contributed by atoms with Gasteiger partial charge in [-0.2, -0.15) is 0 Å². The normalized spacial score (nSPS) is 14.9. The van der Waals surface area contributed by atoms with Crippen LogP contribution in [0.15, 0.2) is 54.7 Å². The molecule has 0 unspecified atom stereocenters. The second-order valence-electron chi connectivity index (χ2n) is 9.74. The average molecular weight is 448 g/mol. The van der Waals surface area contributed by atoms with Crippen LogP contribution in [0.2, 0.25) is 0 Å². The van der Waals surface area contributed by atoms with E-state index in [0.29, 0.717) is 13.1 Å². The van der Waals surface area contributed by atoms with Gasteiger partial charge in [0.1, 0.15) is 17.5 Å². The lowest BCUT2D eigenvalue weighted by atomic mass is 10.00. The Kier molecular flexibility index (Phi) is 6.45. The van der Waals surface area contributed by atoms with Crippen LogP contribution in [0.1, 0.15) is 33.6 Å². The minimum absolute atomic E-state index is 0.0942. The number of anilines is 1. The van der Waals surface area contributed by atoms with Crippen LogP contribution in [0.3, 0.4) is 0 Å². The van der Waals surface area contributed by atoms with Gasteiger partial charge < -0.3 is 19.3 Å². The number of likely N-dealkylation sites (tertiary alicyclic amines) is 1. The number of benzene rings is 2. The van der Waals surface area contributed by atoms with Crippen molar-refractivity contribution in [2.45, 2.75) is 45.3 Å². The van der Waals surface area contributed by atoms with E-state index in [-0.39, 0.29) is 12.2 Å². The Balaban J connectivity index is 1.43. The molecule has 2 aromatic carbocycles. The Morgan fingerprint density at radius 1 is 1.03 bits per heavy atom. The molecule has 0 bridgehead atoms. The second kappa shape index (κ2) is 9.30. The molecule has 1 aliphatic heterocycles. The smallest absolute Gasteiger partial charge is 0.410 e. The van der Waals surface area contributed by atoms with E-state index in [2.05, 4.69) is 40.2 Å². The first-order chi connectivity index (χ1) is 15.7. The molecule has 0 N–H and O–H groups in total. The molecule has 2 heterocycles. The number of amides is 1. The van der Waals surface area contributed by atoms with Gasteiger partial charge in [0.25, 0.3) is 0 Å². The van der Waals surface area contributed by atoms with Gasteiger partial charge in [0.2, 0.25) is 0 Å². The Hall–Kier alpha value is -3.28. The van der Waals surface area contributed by atoms with E-state index in [1.807, 2.05) is 59.3 Å². The number of piperidine rings is 1. The highest BCUT2D eigenvalue weighted by molar-refractivity contribution is 5.99. The molecule has 1 saturated heterocycles. The summed E-state index contributed by atoms with van der Waals surface area (Å²) in [6.45, 7) is 6.96. The third-order valence-electron chi connectivity index (χ3n) is 5.76. The van der Waals surface area contributed by atoms with E-state index < -0.39 is 5.60 Å². The first-order valence-corrected chi connectivity index (χ1v) is 11.5. The molecule has 1 amide bonds. The minimum atomic E-state index is -0.472. The lowest BCUT2D eigenvalue weighted by molar-refractivity contribution is 0.0126. The number of carbonyl (C=O) groups is 1. The molecule has 33 heavy (non-hydrogen) atoms. The average Bonchev–Trinajstić information content (AvgIpc) is 2.78. The molecule has 4 rings (SSSR count). The number of aromatic nitrogens is 1.